The van der Waals surface area contributed by atoms with Crippen LogP contribution in [0.1, 0.15) is 47.0 Å². The lowest BCUT2D eigenvalue weighted by molar-refractivity contribution is -0.142. The molecule has 1 saturated heterocycles. The van der Waals surface area contributed by atoms with E-state index in [9.17, 15) is 9.59 Å². The molecule has 0 spiro atoms. The van der Waals surface area contributed by atoms with E-state index in [0.29, 0.717) is 6.54 Å². The highest BCUT2D eigenvalue weighted by Gasteiger charge is 2.33. The van der Waals surface area contributed by atoms with Gasteiger partial charge in [-0.05, 0) is 19.3 Å². The maximum atomic E-state index is 12.2. The molecule has 0 aromatic rings. The van der Waals surface area contributed by atoms with Gasteiger partial charge in [0.05, 0.1) is 5.92 Å². The number of nitrogens with zero attached hydrogens (tertiary/aromatic N) is 1. The normalized spacial score (nSPS) is 20.7. The highest BCUT2D eigenvalue weighted by molar-refractivity contribution is 5.83. The first-order chi connectivity index (χ1) is 8.36. The van der Waals surface area contributed by atoms with Crippen LogP contribution in [0.4, 0.5) is 0 Å². The Balaban J connectivity index is 2.56. The van der Waals surface area contributed by atoms with Gasteiger partial charge in [0.25, 0.3) is 0 Å². The molecule has 1 atom stereocenters. The summed E-state index contributed by atoms with van der Waals surface area (Å²) in [7, 11) is 0. The van der Waals surface area contributed by atoms with E-state index in [0.717, 1.165) is 32.4 Å². The van der Waals surface area contributed by atoms with Gasteiger partial charge in [0.1, 0.15) is 0 Å². The van der Waals surface area contributed by atoms with Crippen molar-refractivity contribution in [3.05, 3.63) is 0 Å². The molecule has 0 aliphatic carbocycles. The summed E-state index contributed by atoms with van der Waals surface area (Å²) in [5, 5.41) is 2.92. The van der Waals surface area contributed by atoms with Crippen molar-refractivity contribution in [2.24, 2.45) is 11.3 Å². The summed E-state index contributed by atoms with van der Waals surface area (Å²) in [5.41, 5.74) is -0.359. The number of amides is 2. The minimum Gasteiger partial charge on any atom is -0.356 e. The minimum atomic E-state index is -0.359. The lowest BCUT2D eigenvalue weighted by Gasteiger charge is -2.35. The van der Waals surface area contributed by atoms with Gasteiger partial charge in [-0.3, -0.25) is 9.59 Å². The van der Waals surface area contributed by atoms with Crippen LogP contribution < -0.4 is 5.32 Å². The molecule has 1 heterocycles. The summed E-state index contributed by atoms with van der Waals surface area (Å²) in [5.74, 6) is 0.218. The summed E-state index contributed by atoms with van der Waals surface area (Å²) >= 11 is 0. The SMILES string of the molecule is CCCNC(=O)C1CCCN(C(=O)C(C)(C)C)C1. The van der Waals surface area contributed by atoms with E-state index < -0.39 is 0 Å². The molecule has 0 radical (unpaired) electrons. The van der Waals surface area contributed by atoms with Crippen molar-refractivity contribution in [3.8, 4) is 0 Å². The van der Waals surface area contributed by atoms with E-state index >= 15 is 0 Å². The molecule has 1 rings (SSSR count). The zero-order valence-corrected chi connectivity index (χ0v) is 12.1. The number of hydrogen-bond acceptors (Lipinski definition) is 2. The zero-order chi connectivity index (χ0) is 13.8. The van der Waals surface area contributed by atoms with Crippen molar-refractivity contribution < 1.29 is 9.59 Å². The average molecular weight is 254 g/mol. The third-order valence-corrected chi connectivity index (χ3v) is 3.27. The number of carbonyl (C=O) groups is 2. The van der Waals surface area contributed by atoms with E-state index in [1.807, 2.05) is 32.6 Å². The zero-order valence-electron chi connectivity index (χ0n) is 12.1. The van der Waals surface area contributed by atoms with E-state index in [2.05, 4.69) is 5.32 Å². The van der Waals surface area contributed by atoms with E-state index in [1.165, 1.54) is 0 Å². The van der Waals surface area contributed by atoms with Gasteiger partial charge in [-0.15, -0.1) is 0 Å². The predicted molar refractivity (Wildman–Crippen MR) is 72.1 cm³/mol. The first-order valence-corrected chi connectivity index (χ1v) is 6.93. The molecule has 0 aromatic carbocycles. The largest absolute Gasteiger partial charge is 0.356 e. The van der Waals surface area contributed by atoms with E-state index in [1.54, 1.807) is 0 Å². The molecule has 2 amide bonds. The van der Waals surface area contributed by atoms with Crippen molar-refractivity contribution in [3.63, 3.8) is 0 Å². The van der Waals surface area contributed by atoms with Crippen LogP contribution >= 0.6 is 0 Å². The minimum absolute atomic E-state index is 0.0309. The van der Waals surface area contributed by atoms with Gasteiger partial charge < -0.3 is 10.2 Å². The molecule has 1 aliphatic rings. The van der Waals surface area contributed by atoms with Gasteiger partial charge in [-0.2, -0.15) is 0 Å². The Hall–Kier alpha value is -1.06. The second kappa shape index (κ2) is 6.21. The number of piperidine rings is 1. The summed E-state index contributed by atoms with van der Waals surface area (Å²) in [4.78, 5) is 26.0. The topological polar surface area (TPSA) is 49.4 Å². The summed E-state index contributed by atoms with van der Waals surface area (Å²) in [6.07, 6.45) is 2.76. The fraction of sp³-hybridized carbons (Fsp3) is 0.857. The van der Waals surface area contributed by atoms with Crippen LogP contribution in [-0.2, 0) is 9.59 Å². The Morgan fingerprint density at radius 1 is 1.33 bits per heavy atom. The molecule has 1 N–H and O–H groups in total. The van der Waals surface area contributed by atoms with Crippen LogP contribution in [0.3, 0.4) is 0 Å². The number of rotatable bonds is 3. The molecule has 4 nitrogen and oxygen atoms in total. The van der Waals surface area contributed by atoms with Gasteiger partial charge in [-0.1, -0.05) is 27.7 Å². The fourth-order valence-corrected chi connectivity index (χ4v) is 2.24. The van der Waals surface area contributed by atoms with Gasteiger partial charge >= 0.3 is 0 Å². The third kappa shape index (κ3) is 4.00. The Morgan fingerprint density at radius 3 is 2.56 bits per heavy atom. The van der Waals surface area contributed by atoms with Crippen molar-refractivity contribution in [2.45, 2.75) is 47.0 Å². The van der Waals surface area contributed by atoms with Crippen LogP contribution in [0.2, 0.25) is 0 Å². The van der Waals surface area contributed by atoms with Crippen LogP contribution in [0.5, 0.6) is 0 Å². The molecule has 18 heavy (non-hydrogen) atoms. The molecule has 4 heteroatoms. The van der Waals surface area contributed by atoms with Gasteiger partial charge in [0.15, 0.2) is 0 Å². The van der Waals surface area contributed by atoms with Gasteiger partial charge in [0.2, 0.25) is 11.8 Å². The summed E-state index contributed by atoms with van der Waals surface area (Å²) < 4.78 is 0. The smallest absolute Gasteiger partial charge is 0.227 e. The van der Waals surface area contributed by atoms with Gasteiger partial charge in [-0.25, -0.2) is 0 Å². The lowest BCUT2D eigenvalue weighted by Crippen LogP contribution is -2.48. The molecule has 0 bridgehead atoms. The lowest BCUT2D eigenvalue weighted by atomic mass is 9.91. The van der Waals surface area contributed by atoms with Crippen molar-refractivity contribution >= 4 is 11.8 Å². The standard InChI is InChI=1S/C14H26N2O2/c1-5-8-15-12(17)11-7-6-9-16(10-11)13(18)14(2,3)4/h11H,5-10H2,1-4H3,(H,15,17). The molecular weight excluding hydrogens is 228 g/mol. The molecule has 0 saturated carbocycles. The number of carbonyl (C=O) groups excluding carboxylic acids is 2. The second-order valence-electron chi connectivity index (χ2n) is 6.13. The highest BCUT2D eigenvalue weighted by atomic mass is 16.2. The van der Waals surface area contributed by atoms with Crippen LogP contribution in [0.15, 0.2) is 0 Å². The van der Waals surface area contributed by atoms with Crippen molar-refractivity contribution in [1.82, 2.24) is 10.2 Å². The number of hydrogen-bond donors (Lipinski definition) is 1. The van der Waals surface area contributed by atoms with Crippen LogP contribution in [0.25, 0.3) is 0 Å². The molecular formula is C14H26N2O2. The highest BCUT2D eigenvalue weighted by Crippen LogP contribution is 2.23. The molecule has 1 unspecified atom stereocenters. The van der Waals surface area contributed by atoms with Crippen LogP contribution in [0, 0.1) is 11.3 Å². The van der Waals surface area contributed by atoms with Crippen molar-refractivity contribution in [2.75, 3.05) is 19.6 Å². The average Bonchev–Trinajstić information content (AvgIpc) is 2.34. The maximum Gasteiger partial charge on any atom is 0.227 e. The second-order valence-corrected chi connectivity index (χ2v) is 6.13. The number of nitrogens with one attached hydrogen (secondary N) is 1. The first kappa shape index (κ1) is 15.0. The molecule has 1 aliphatic heterocycles. The molecule has 104 valence electrons. The summed E-state index contributed by atoms with van der Waals surface area (Å²) in [6.45, 7) is 9.90. The third-order valence-electron chi connectivity index (χ3n) is 3.27. The Bertz CT molecular complexity index is 307. The monoisotopic (exact) mass is 254 g/mol. The number of likely N-dealkylation sites (tertiary alicyclic amines) is 1. The summed E-state index contributed by atoms with van der Waals surface area (Å²) in [6, 6.07) is 0. The van der Waals surface area contributed by atoms with Crippen LogP contribution in [-0.4, -0.2) is 36.3 Å². The first-order valence-electron chi connectivity index (χ1n) is 6.93. The Labute approximate surface area is 110 Å². The quantitative estimate of drug-likeness (QED) is 0.835. The molecule has 0 aromatic heterocycles. The van der Waals surface area contributed by atoms with E-state index in [-0.39, 0.29) is 23.1 Å². The Kier molecular flexibility index (Phi) is 5.17. The van der Waals surface area contributed by atoms with Gasteiger partial charge in [0, 0.05) is 25.0 Å². The molecule has 1 fully saturated rings. The Morgan fingerprint density at radius 2 is 2.00 bits per heavy atom. The maximum absolute atomic E-state index is 12.2. The fourth-order valence-electron chi connectivity index (χ4n) is 2.24. The van der Waals surface area contributed by atoms with Crippen molar-refractivity contribution in [1.29, 1.82) is 0 Å². The van der Waals surface area contributed by atoms with E-state index in [4.69, 9.17) is 0 Å². The predicted octanol–water partition coefficient (Wildman–Crippen LogP) is 1.80.